The fraction of sp³-hybridized carbons (Fsp3) is 0.909. The van der Waals surface area contributed by atoms with Crippen molar-refractivity contribution >= 4 is 17.9 Å². The molecule has 1 amide bonds. The number of nitrogens with zero attached hydrogens (tertiary/aromatic N) is 1. The molecule has 1 saturated heterocycles. The third-order valence-electron chi connectivity index (χ3n) is 2.24. The molecule has 88 valence electrons. The number of amides is 1. The molecule has 0 unspecified atom stereocenters. The summed E-state index contributed by atoms with van der Waals surface area (Å²) in [4.78, 5) is 13.5. The second kappa shape index (κ2) is 4.64. The molecule has 4 heteroatoms. The van der Waals surface area contributed by atoms with E-state index in [9.17, 15) is 4.79 Å². The molecular formula is C11H21NO2S. The highest BCUT2D eigenvalue weighted by Crippen LogP contribution is 2.29. The van der Waals surface area contributed by atoms with Crippen molar-refractivity contribution in [1.82, 2.24) is 4.90 Å². The maximum Gasteiger partial charge on any atom is 0.411 e. The summed E-state index contributed by atoms with van der Waals surface area (Å²) in [7, 11) is 0. The zero-order valence-corrected chi connectivity index (χ0v) is 11.1. The molecule has 0 N–H and O–H groups in total. The summed E-state index contributed by atoms with van der Waals surface area (Å²) >= 11 is 1.84. The van der Waals surface area contributed by atoms with Crippen LogP contribution in [0, 0.1) is 5.92 Å². The summed E-state index contributed by atoms with van der Waals surface area (Å²) < 4.78 is 5.32. The molecule has 0 aliphatic carbocycles. The molecule has 1 atom stereocenters. The lowest BCUT2D eigenvalue weighted by molar-refractivity contribution is 0.0297. The molecular weight excluding hydrogens is 210 g/mol. The van der Waals surface area contributed by atoms with Gasteiger partial charge in [-0.2, -0.15) is 0 Å². The molecule has 1 heterocycles. The largest absolute Gasteiger partial charge is 0.444 e. The SMILES string of the molecule is CC(C)[C@@H]1CN(C(=O)OC(C)(C)C)CS1. The number of thioether (sulfide) groups is 1. The molecule has 0 aromatic carbocycles. The van der Waals surface area contributed by atoms with E-state index in [1.165, 1.54) is 0 Å². The summed E-state index contributed by atoms with van der Waals surface area (Å²) in [5.74, 6) is 1.38. The number of rotatable bonds is 1. The van der Waals surface area contributed by atoms with Crippen LogP contribution in [0.5, 0.6) is 0 Å². The lowest BCUT2D eigenvalue weighted by atomic mass is 10.1. The number of hydrogen-bond acceptors (Lipinski definition) is 3. The van der Waals surface area contributed by atoms with E-state index in [-0.39, 0.29) is 6.09 Å². The van der Waals surface area contributed by atoms with Gasteiger partial charge in [0.25, 0.3) is 0 Å². The molecule has 0 bridgehead atoms. The van der Waals surface area contributed by atoms with Gasteiger partial charge >= 0.3 is 6.09 Å². The molecule has 0 aromatic heterocycles. The van der Waals surface area contributed by atoms with E-state index in [0.29, 0.717) is 11.2 Å². The number of ether oxygens (including phenoxy) is 1. The van der Waals surface area contributed by atoms with Crippen LogP contribution in [0.25, 0.3) is 0 Å². The average Bonchev–Trinajstić information content (AvgIpc) is 2.47. The minimum atomic E-state index is -0.391. The lowest BCUT2D eigenvalue weighted by Crippen LogP contribution is -2.36. The van der Waals surface area contributed by atoms with Gasteiger partial charge in [0.2, 0.25) is 0 Å². The smallest absolute Gasteiger partial charge is 0.411 e. The van der Waals surface area contributed by atoms with E-state index < -0.39 is 5.60 Å². The first-order chi connectivity index (χ1) is 6.79. The van der Waals surface area contributed by atoms with Gasteiger partial charge < -0.3 is 4.74 Å². The van der Waals surface area contributed by atoms with Crippen molar-refractivity contribution in [2.24, 2.45) is 5.92 Å². The van der Waals surface area contributed by atoms with E-state index in [1.807, 2.05) is 32.5 Å². The van der Waals surface area contributed by atoms with Crippen molar-refractivity contribution in [3.8, 4) is 0 Å². The van der Waals surface area contributed by atoms with Crippen molar-refractivity contribution in [3.63, 3.8) is 0 Å². The third kappa shape index (κ3) is 3.93. The summed E-state index contributed by atoms with van der Waals surface area (Å²) in [6.45, 7) is 10.9. The summed E-state index contributed by atoms with van der Waals surface area (Å²) in [5, 5.41) is 0.553. The van der Waals surface area contributed by atoms with Crippen molar-refractivity contribution in [2.75, 3.05) is 12.4 Å². The second-order valence-electron chi connectivity index (χ2n) is 5.28. The van der Waals surface area contributed by atoms with Crippen molar-refractivity contribution in [2.45, 2.75) is 45.5 Å². The van der Waals surface area contributed by atoms with Crippen LogP contribution in [0.2, 0.25) is 0 Å². The van der Waals surface area contributed by atoms with Crippen LogP contribution in [0.15, 0.2) is 0 Å². The maximum absolute atomic E-state index is 11.7. The number of carbonyl (C=O) groups is 1. The summed E-state index contributed by atoms with van der Waals surface area (Å²) in [6.07, 6.45) is -0.182. The van der Waals surface area contributed by atoms with Gasteiger partial charge in [0, 0.05) is 11.8 Å². The van der Waals surface area contributed by atoms with Crippen LogP contribution in [0.4, 0.5) is 4.79 Å². The minimum absolute atomic E-state index is 0.182. The highest BCUT2D eigenvalue weighted by Gasteiger charge is 2.31. The van der Waals surface area contributed by atoms with E-state index in [4.69, 9.17) is 4.74 Å². The van der Waals surface area contributed by atoms with Gasteiger partial charge in [0.1, 0.15) is 5.60 Å². The van der Waals surface area contributed by atoms with E-state index in [0.717, 1.165) is 12.4 Å². The quantitative estimate of drug-likeness (QED) is 0.695. The molecule has 1 aliphatic heterocycles. The van der Waals surface area contributed by atoms with E-state index in [2.05, 4.69) is 13.8 Å². The lowest BCUT2D eigenvalue weighted by Gasteiger charge is -2.24. The van der Waals surface area contributed by atoms with Gasteiger partial charge in [0.05, 0.1) is 5.88 Å². The van der Waals surface area contributed by atoms with Crippen LogP contribution in [0.1, 0.15) is 34.6 Å². The van der Waals surface area contributed by atoms with Gasteiger partial charge in [-0.05, 0) is 26.7 Å². The molecule has 1 fully saturated rings. The predicted octanol–water partition coefficient (Wildman–Crippen LogP) is 2.95. The van der Waals surface area contributed by atoms with Crippen molar-refractivity contribution in [3.05, 3.63) is 0 Å². The third-order valence-corrected chi connectivity index (χ3v) is 3.82. The minimum Gasteiger partial charge on any atom is -0.444 e. The number of carbonyl (C=O) groups excluding carboxylic acids is 1. The number of hydrogen-bond donors (Lipinski definition) is 0. The Hall–Kier alpha value is -0.380. The van der Waals surface area contributed by atoms with E-state index >= 15 is 0 Å². The second-order valence-corrected chi connectivity index (χ2v) is 6.48. The Bertz CT molecular complexity index is 235. The van der Waals surface area contributed by atoms with E-state index in [1.54, 1.807) is 4.90 Å². The normalized spacial score (nSPS) is 22.3. The fourth-order valence-electron chi connectivity index (χ4n) is 1.37. The van der Waals surface area contributed by atoms with Gasteiger partial charge in [0.15, 0.2) is 0 Å². The molecule has 1 rings (SSSR count). The molecule has 0 radical (unpaired) electrons. The fourth-order valence-corrected chi connectivity index (χ4v) is 2.62. The van der Waals surface area contributed by atoms with Crippen LogP contribution >= 0.6 is 11.8 Å². The molecule has 1 aliphatic rings. The zero-order valence-electron chi connectivity index (χ0n) is 10.2. The summed E-state index contributed by atoms with van der Waals surface area (Å²) in [5.41, 5.74) is -0.391. The average molecular weight is 231 g/mol. The Morgan fingerprint density at radius 3 is 2.47 bits per heavy atom. The van der Waals surface area contributed by atoms with Crippen LogP contribution in [-0.4, -0.2) is 34.3 Å². The topological polar surface area (TPSA) is 29.5 Å². The first-order valence-electron chi connectivity index (χ1n) is 5.39. The Morgan fingerprint density at radius 1 is 1.47 bits per heavy atom. The predicted molar refractivity (Wildman–Crippen MR) is 64.0 cm³/mol. The molecule has 0 saturated carbocycles. The van der Waals surface area contributed by atoms with Crippen LogP contribution < -0.4 is 0 Å². The molecule has 0 spiro atoms. The maximum atomic E-state index is 11.7. The first kappa shape index (κ1) is 12.7. The highest BCUT2D eigenvalue weighted by atomic mass is 32.2. The first-order valence-corrected chi connectivity index (χ1v) is 6.44. The highest BCUT2D eigenvalue weighted by molar-refractivity contribution is 8.00. The van der Waals surface area contributed by atoms with Crippen LogP contribution in [0.3, 0.4) is 0 Å². The Kier molecular flexibility index (Phi) is 3.93. The van der Waals surface area contributed by atoms with Gasteiger partial charge in [-0.3, -0.25) is 4.90 Å². The summed E-state index contributed by atoms with van der Waals surface area (Å²) in [6, 6.07) is 0. The molecule has 0 aromatic rings. The van der Waals surface area contributed by atoms with Crippen molar-refractivity contribution in [1.29, 1.82) is 0 Å². The van der Waals surface area contributed by atoms with Crippen molar-refractivity contribution < 1.29 is 9.53 Å². The Labute approximate surface area is 96.5 Å². The van der Waals surface area contributed by atoms with Gasteiger partial charge in [-0.15, -0.1) is 11.8 Å². The molecule has 15 heavy (non-hydrogen) atoms. The Balaban J connectivity index is 2.44. The monoisotopic (exact) mass is 231 g/mol. The van der Waals surface area contributed by atoms with Crippen LogP contribution in [-0.2, 0) is 4.74 Å². The van der Waals surface area contributed by atoms with Gasteiger partial charge in [-0.1, -0.05) is 13.8 Å². The van der Waals surface area contributed by atoms with Gasteiger partial charge in [-0.25, -0.2) is 4.79 Å². The standard InChI is InChI=1S/C11H21NO2S/c1-8(2)9-6-12(7-15-9)10(13)14-11(3,4)5/h8-9H,6-7H2,1-5H3/t9-/m0/s1. The zero-order chi connectivity index (χ0) is 11.6. The molecule has 3 nitrogen and oxygen atoms in total. The Morgan fingerprint density at radius 2 is 2.07 bits per heavy atom.